The lowest BCUT2D eigenvalue weighted by molar-refractivity contribution is -0.137. The van der Waals surface area contributed by atoms with Gasteiger partial charge in [0, 0.05) is 7.05 Å². The van der Waals surface area contributed by atoms with Gasteiger partial charge in [0.2, 0.25) is 5.91 Å². The number of thioether (sulfide) groups is 1. The molecule has 1 amide bonds. The van der Waals surface area contributed by atoms with Gasteiger partial charge >= 0.3 is 18.1 Å². The maximum Gasteiger partial charge on any atom is 0.416 e. The summed E-state index contributed by atoms with van der Waals surface area (Å²) in [5, 5.41) is 11.1. The molecule has 0 radical (unpaired) electrons. The molecule has 0 spiro atoms. The molecule has 0 fully saturated rings. The Labute approximate surface area is 229 Å². The number of aromatic nitrogens is 3. The fourth-order valence-corrected chi connectivity index (χ4v) is 5.08. The molecule has 1 aromatic carbocycles. The van der Waals surface area contributed by atoms with Gasteiger partial charge in [0.05, 0.1) is 30.1 Å². The molecule has 0 saturated heterocycles. The van der Waals surface area contributed by atoms with Crippen LogP contribution in [0.25, 0.3) is 0 Å². The molecular formula is C24H25F3N4O6S2. The van der Waals surface area contributed by atoms with Gasteiger partial charge in [0.15, 0.2) is 11.0 Å². The minimum absolute atomic E-state index is 0.0206. The number of nitrogens with zero attached hydrogens (tertiary/aromatic N) is 3. The number of carbonyl (C=O) groups excluding carboxylic acids is 3. The van der Waals surface area contributed by atoms with Crippen molar-refractivity contribution < 1.29 is 41.8 Å². The van der Waals surface area contributed by atoms with Crippen LogP contribution in [0.4, 0.5) is 18.2 Å². The molecule has 10 nitrogen and oxygen atoms in total. The Kier molecular flexibility index (Phi) is 9.97. The number of hydrogen-bond acceptors (Lipinski definition) is 10. The Morgan fingerprint density at radius 3 is 2.46 bits per heavy atom. The summed E-state index contributed by atoms with van der Waals surface area (Å²) in [7, 11) is 1.62. The minimum Gasteiger partial charge on any atom is -0.486 e. The predicted octanol–water partition coefficient (Wildman–Crippen LogP) is 4.87. The number of esters is 2. The van der Waals surface area contributed by atoms with Crippen molar-refractivity contribution in [3.8, 4) is 5.75 Å². The van der Waals surface area contributed by atoms with Crippen molar-refractivity contribution in [2.24, 2.45) is 7.05 Å². The molecule has 0 bridgehead atoms. The topological polar surface area (TPSA) is 122 Å². The fourth-order valence-electron chi connectivity index (χ4n) is 3.24. The lowest BCUT2D eigenvalue weighted by Gasteiger charge is -2.10. The third kappa shape index (κ3) is 7.50. The summed E-state index contributed by atoms with van der Waals surface area (Å²) >= 11 is 1.96. The highest BCUT2D eigenvalue weighted by atomic mass is 32.2. The monoisotopic (exact) mass is 586 g/mol. The van der Waals surface area contributed by atoms with E-state index in [9.17, 15) is 27.6 Å². The van der Waals surface area contributed by atoms with Crippen LogP contribution in [0.15, 0.2) is 29.4 Å². The first-order chi connectivity index (χ1) is 18.5. The van der Waals surface area contributed by atoms with Crippen LogP contribution in [0.2, 0.25) is 0 Å². The number of rotatable bonds is 11. The fraction of sp³-hybridized carbons (Fsp3) is 0.375. The molecule has 3 rings (SSSR count). The van der Waals surface area contributed by atoms with Crippen LogP contribution in [0.5, 0.6) is 5.75 Å². The van der Waals surface area contributed by atoms with Crippen LogP contribution in [-0.4, -0.2) is 51.6 Å². The zero-order valence-electron chi connectivity index (χ0n) is 21.4. The normalized spacial score (nSPS) is 11.3. The number of alkyl halides is 3. The van der Waals surface area contributed by atoms with Crippen LogP contribution in [-0.2, 0) is 34.1 Å². The molecule has 0 saturated carbocycles. The van der Waals surface area contributed by atoms with E-state index >= 15 is 0 Å². The largest absolute Gasteiger partial charge is 0.486 e. The lowest BCUT2D eigenvalue weighted by atomic mass is 10.1. The number of nitrogens with one attached hydrogen (secondary N) is 1. The molecule has 2 heterocycles. The van der Waals surface area contributed by atoms with E-state index in [2.05, 4.69) is 15.5 Å². The van der Waals surface area contributed by atoms with Gasteiger partial charge < -0.3 is 24.1 Å². The Bertz CT molecular complexity index is 1360. The standard InChI is InChI=1S/C24H25F3N4O6S2/c1-5-35-21(33)18-13(3)19(22(34)36-6-2)39-20(18)28-17(32)12-38-23-30-29-16(31(23)4)11-37-15-9-7-8-14(10-15)24(25,26)27/h7-10H,5-6,11-12H2,1-4H3,(H,28,32). The van der Waals surface area contributed by atoms with Crippen LogP contribution in [0.1, 0.15) is 50.8 Å². The van der Waals surface area contributed by atoms with E-state index in [-0.39, 0.29) is 46.8 Å². The van der Waals surface area contributed by atoms with E-state index < -0.39 is 29.6 Å². The first-order valence-electron chi connectivity index (χ1n) is 11.5. The van der Waals surface area contributed by atoms with Gasteiger partial charge in [-0.25, -0.2) is 9.59 Å². The summed E-state index contributed by atoms with van der Waals surface area (Å²) in [6, 6.07) is 4.48. The molecule has 0 aliphatic carbocycles. The third-order valence-electron chi connectivity index (χ3n) is 5.13. The molecule has 0 unspecified atom stereocenters. The molecule has 0 atom stereocenters. The summed E-state index contributed by atoms with van der Waals surface area (Å²) in [6.07, 6.45) is -4.49. The van der Waals surface area contributed by atoms with Gasteiger partial charge in [-0.1, -0.05) is 17.8 Å². The zero-order valence-corrected chi connectivity index (χ0v) is 23.0. The van der Waals surface area contributed by atoms with Crippen molar-refractivity contribution in [2.45, 2.75) is 38.7 Å². The average molecular weight is 587 g/mol. The van der Waals surface area contributed by atoms with Gasteiger partial charge in [-0.15, -0.1) is 21.5 Å². The smallest absolute Gasteiger partial charge is 0.416 e. The molecule has 2 aromatic heterocycles. The van der Waals surface area contributed by atoms with E-state index in [1.165, 1.54) is 12.1 Å². The number of halogens is 3. The zero-order chi connectivity index (χ0) is 28.7. The number of benzene rings is 1. The molecular weight excluding hydrogens is 561 g/mol. The van der Waals surface area contributed by atoms with Crippen molar-refractivity contribution in [3.05, 3.63) is 51.7 Å². The van der Waals surface area contributed by atoms with E-state index in [0.717, 1.165) is 35.2 Å². The van der Waals surface area contributed by atoms with Gasteiger partial charge in [-0.2, -0.15) is 13.2 Å². The summed E-state index contributed by atoms with van der Waals surface area (Å²) in [5.74, 6) is -1.54. The molecule has 39 heavy (non-hydrogen) atoms. The molecule has 3 aromatic rings. The van der Waals surface area contributed by atoms with E-state index in [0.29, 0.717) is 16.5 Å². The Morgan fingerprint density at radius 2 is 1.79 bits per heavy atom. The van der Waals surface area contributed by atoms with Crippen LogP contribution >= 0.6 is 23.1 Å². The lowest BCUT2D eigenvalue weighted by Crippen LogP contribution is -2.17. The maximum absolute atomic E-state index is 12.9. The Morgan fingerprint density at radius 1 is 1.10 bits per heavy atom. The van der Waals surface area contributed by atoms with Crippen LogP contribution < -0.4 is 10.1 Å². The number of anilines is 1. The van der Waals surface area contributed by atoms with Crippen molar-refractivity contribution in [3.63, 3.8) is 0 Å². The number of carbonyl (C=O) groups is 3. The summed E-state index contributed by atoms with van der Waals surface area (Å²) in [4.78, 5) is 37.7. The van der Waals surface area contributed by atoms with Crippen LogP contribution in [0.3, 0.4) is 0 Å². The van der Waals surface area contributed by atoms with Gasteiger partial charge in [0.1, 0.15) is 22.2 Å². The quantitative estimate of drug-likeness (QED) is 0.248. The highest BCUT2D eigenvalue weighted by Crippen LogP contribution is 2.35. The van der Waals surface area contributed by atoms with Gasteiger partial charge in [0.25, 0.3) is 0 Å². The second kappa shape index (κ2) is 13.0. The van der Waals surface area contributed by atoms with Gasteiger partial charge in [-0.05, 0) is 44.5 Å². The second-order valence-electron chi connectivity index (χ2n) is 7.81. The Balaban J connectivity index is 1.65. The SMILES string of the molecule is CCOC(=O)c1sc(NC(=O)CSc2nnc(COc3cccc(C(F)(F)F)c3)n2C)c(C(=O)OCC)c1C. The maximum atomic E-state index is 12.9. The number of ether oxygens (including phenoxy) is 3. The first-order valence-corrected chi connectivity index (χ1v) is 13.3. The number of amides is 1. The highest BCUT2D eigenvalue weighted by molar-refractivity contribution is 7.99. The Hall–Kier alpha value is -3.59. The van der Waals surface area contributed by atoms with Crippen molar-refractivity contribution in [1.82, 2.24) is 14.8 Å². The third-order valence-corrected chi connectivity index (χ3v) is 7.33. The van der Waals surface area contributed by atoms with Crippen molar-refractivity contribution >= 4 is 45.9 Å². The average Bonchev–Trinajstić information content (AvgIpc) is 3.40. The van der Waals surface area contributed by atoms with Crippen LogP contribution in [0, 0.1) is 6.92 Å². The van der Waals surface area contributed by atoms with Crippen molar-refractivity contribution in [2.75, 3.05) is 24.3 Å². The summed E-state index contributed by atoms with van der Waals surface area (Å²) in [5.41, 5.74) is -0.406. The predicted molar refractivity (Wildman–Crippen MR) is 137 cm³/mol. The van der Waals surface area contributed by atoms with E-state index in [1.54, 1.807) is 32.4 Å². The molecule has 1 N–H and O–H groups in total. The number of thiophene rings is 1. The first kappa shape index (κ1) is 30.0. The highest BCUT2D eigenvalue weighted by Gasteiger charge is 2.31. The molecule has 0 aliphatic heterocycles. The van der Waals surface area contributed by atoms with E-state index in [4.69, 9.17) is 14.2 Å². The molecule has 210 valence electrons. The second-order valence-corrected chi connectivity index (χ2v) is 9.77. The summed E-state index contributed by atoms with van der Waals surface area (Å²) in [6.45, 7) is 4.97. The summed E-state index contributed by atoms with van der Waals surface area (Å²) < 4.78 is 55.8. The molecule has 0 aliphatic rings. The van der Waals surface area contributed by atoms with Crippen molar-refractivity contribution in [1.29, 1.82) is 0 Å². The molecule has 15 heteroatoms. The van der Waals surface area contributed by atoms with Gasteiger partial charge in [-0.3, -0.25) is 4.79 Å². The minimum atomic E-state index is -4.49. The van der Waals surface area contributed by atoms with E-state index in [1.807, 2.05) is 0 Å². The number of hydrogen-bond donors (Lipinski definition) is 1.